The van der Waals surface area contributed by atoms with E-state index in [9.17, 15) is 34.2 Å². The first-order chi connectivity index (χ1) is 20.6. The number of hydrogen-bond donors (Lipinski definition) is 7. The minimum absolute atomic E-state index is 0.0452. The first-order valence-corrected chi connectivity index (χ1v) is 15.2. The summed E-state index contributed by atoms with van der Waals surface area (Å²) in [6, 6.07) is 11.8. The maximum atomic E-state index is 13.3. The molecule has 0 aliphatic heterocycles. The summed E-state index contributed by atoms with van der Waals surface area (Å²) in [7, 11) is 0. The van der Waals surface area contributed by atoms with Gasteiger partial charge < -0.3 is 36.9 Å². The number of para-hydroxylation sites is 1. The molecule has 0 radical (unpaired) electrons. The van der Waals surface area contributed by atoms with Crippen LogP contribution in [0.5, 0.6) is 0 Å². The number of thioether (sulfide) groups is 1. The van der Waals surface area contributed by atoms with Crippen LogP contribution in [0.25, 0.3) is 10.9 Å². The van der Waals surface area contributed by atoms with Crippen molar-refractivity contribution >= 4 is 52.3 Å². The summed E-state index contributed by atoms with van der Waals surface area (Å²) < 4.78 is 0. The largest absolute Gasteiger partial charge is 0.481 e. The maximum Gasteiger partial charge on any atom is 0.326 e. The standard InChI is InChI=1S/C30H37N5O7S/c1-43-14-13-24(33-27(38)21(31)15-18-7-3-2-4-8-18)29(40)34-23(11-12-26(36)37)28(39)35-25(30(41)42)16-19-17-32-22-10-6-5-9-20(19)22/h2-10,17,21,23-25,32H,11-16,31H2,1H3,(H,33,38)(H,34,40)(H,35,39)(H,36,37)(H,41,42). The lowest BCUT2D eigenvalue weighted by molar-refractivity contribution is -0.143. The summed E-state index contributed by atoms with van der Waals surface area (Å²) >= 11 is 1.45. The van der Waals surface area contributed by atoms with Gasteiger partial charge >= 0.3 is 11.9 Å². The fourth-order valence-electron chi connectivity index (χ4n) is 4.55. The molecule has 4 unspecified atom stereocenters. The zero-order valence-electron chi connectivity index (χ0n) is 23.7. The zero-order valence-corrected chi connectivity index (χ0v) is 24.6. The van der Waals surface area contributed by atoms with Gasteiger partial charge in [-0.2, -0.15) is 11.8 Å². The summed E-state index contributed by atoms with van der Waals surface area (Å²) in [4.78, 5) is 65.9. The van der Waals surface area contributed by atoms with Gasteiger partial charge in [0.1, 0.15) is 18.1 Å². The van der Waals surface area contributed by atoms with Gasteiger partial charge in [0, 0.05) is 29.9 Å². The molecule has 1 aromatic heterocycles. The van der Waals surface area contributed by atoms with E-state index in [-0.39, 0.29) is 25.7 Å². The van der Waals surface area contributed by atoms with Crippen molar-refractivity contribution in [3.63, 3.8) is 0 Å². The Balaban J connectivity index is 1.72. The summed E-state index contributed by atoms with van der Waals surface area (Å²) in [5, 5.41) is 27.5. The number of aromatic nitrogens is 1. The Bertz CT molecular complexity index is 1410. The van der Waals surface area contributed by atoms with Gasteiger partial charge in [-0.05, 0) is 48.5 Å². The maximum absolute atomic E-state index is 13.3. The second kappa shape index (κ2) is 16.3. The number of nitrogens with one attached hydrogen (secondary N) is 4. The monoisotopic (exact) mass is 611 g/mol. The topological polar surface area (TPSA) is 204 Å². The zero-order chi connectivity index (χ0) is 31.4. The van der Waals surface area contributed by atoms with Crippen LogP contribution >= 0.6 is 11.8 Å². The number of carboxylic acids is 2. The third kappa shape index (κ3) is 10.1. The van der Waals surface area contributed by atoms with Gasteiger partial charge in [0.05, 0.1) is 6.04 Å². The van der Waals surface area contributed by atoms with Gasteiger partial charge in [0.2, 0.25) is 17.7 Å². The number of amides is 3. The lowest BCUT2D eigenvalue weighted by Crippen LogP contribution is -2.57. The molecular formula is C30H37N5O7S. The van der Waals surface area contributed by atoms with Crippen LogP contribution in [0.4, 0.5) is 0 Å². The van der Waals surface area contributed by atoms with Crippen LogP contribution < -0.4 is 21.7 Å². The second-order valence-electron chi connectivity index (χ2n) is 10.1. The Hall–Kier alpha value is -4.36. The van der Waals surface area contributed by atoms with Crippen molar-refractivity contribution in [1.82, 2.24) is 20.9 Å². The van der Waals surface area contributed by atoms with Crippen molar-refractivity contribution in [2.24, 2.45) is 5.73 Å². The Kier molecular flexibility index (Phi) is 12.6. The summed E-state index contributed by atoms with van der Waals surface area (Å²) in [5.74, 6) is -4.09. The van der Waals surface area contributed by atoms with Crippen LogP contribution in [-0.4, -0.2) is 81.0 Å². The number of nitrogens with two attached hydrogens (primary N) is 1. The molecule has 0 spiro atoms. The predicted octanol–water partition coefficient (Wildman–Crippen LogP) is 1.44. The van der Waals surface area contributed by atoms with Gasteiger partial charge in [0.25, 0.3) is 0 Å². The van der Waals surface area contributed by atoms with Gasteiger partial charge in [0.15, 0.2) is 0 Å². The number of fused-ring (bicyclic) bond motifs is 1. The molecule has 3 aromatic rings. The van der Waals surface area contributed by atoms with Crippen LogP contribution in [0.3, 0.4) is 0 Å². The highest BCUT2D eigenvalue weighted by atomic mass is 32.2. The molecule has 3 rings (SSSR count). The second-order valence-corrected chi connectivity index (χ2v) is 11.1. The number of benzene rings is 2. The Morgan fingerprint density at radius 2 is 1.42 bits per heavy atom. The number of carbonyl (C=O) groups is 5. The fourth-order valence-corrected chi connectivity index (χ4v) is 5.02. The molecule has 3 amide bonds. The molecule has 230 valence electrons. The minimum Gasteiger partial charge on any atom is -0.481 e. The van der Waals surface area contributed by atoms with Crippen LogP contribution in [0.1, 0.15) is 30.4 Å². The van der Waals surface area contributed by atoms with Gasteiger partial charge in [-0.1, -0.05) is 48.5 Å². The number of carbonyl (C=O) groups excluding carboxylic acids is 3. The Labute approximate surface area is 253 Å². The summed E-state index contributed by atoms with van der Waals surface area (Å²) in [6.07, 6.45) is 3.18. The highest BCUT2D eigenvalue weighted by molar-refractivity contribution is 7.98. The van der Waals surface area contributed by atoms with Crippen molar-refractivity contribution < 1.29 is 34.2 Å². The average molecular weight is 612 g/mol. The third-order valence-electron chi connectivity index (χ3n) is 6.87. The van der Waals surface area contributed by atoms with E-state index < -0.39 is 60.2 Å². The Morgan fingerprint density at radius 1 is 0.814 bits per heavy atom. The minimum atomic E-state index is -1.36. The predicted molar refractivity (Wildman–Crippen MR) is 163 cm³/mol. The average Bonchev–Trinajstić information content (AvgIpc) is 3.39. The first-order valence-electron chi connectivity index (χ1n) is 13.8. The molecule has 0 saturated carbocycles. The van der Waals surface area contributed by atoms with E-state index >= 15 is 0 Å². The molecule has 8 N–H and O–H groups in total. The van der Waals surface area contributed by atoms with Gasteiger partial charge in [-0.3, -0.25) is 19.2 Å². The van der Waals surface area contributed by atoms with Gasteiger partial charge in [-0.25, -0.2) is 4.79 Å². The molecule has 13 heteroatoms. The van der Waals surface area contributed by atoms with Crippen LogP contribution in [0, 0.1) is 0 Å². The van der Waals surface area contributed by atoms with E-state index in [1.807, 2.05) is 60.9 Å². The van der Waals surface area contributed by atoms with Crippen molar-refractivity contribution in [3.8, 4) is 0 Å². The van der Waals surface area contributed by atoms with Gasteiger partial charge in [-0.15, -0.1) is 0 Å². The van der Waals surface area contributed by atoms with E-state index in [1.165, 1.54) is 11.8 Å². The summed E-state index contributed by atoms with van der Waals surface area (Å²) in [5.41, 5.74) is 8.42. The number of carboxylic acid groups (broad SMARTS) is 2. The molecule has 0 aliphatic carbocycles. The molecule has 0 bridgehead atoms. The molecule has 4 atom stereocenters. The fraction of sp³-hybridized carbons (Fsp3) is 0.367. The quantitative estimate of drug-likeness (QED) is 0.118. The highest BCUT2D eigenvalue weighted by Gasteiger charge is 2.31. The lowest BCUT2D eigenvalue weighted by Gasteiger charge is -2.25. The van der Waals surface area contributed by atoms with E-state index in [0.717, 1.165) is 16.5 Å². The highest BCUT2D eigenvalue weighted by Crippen LogP contribution is 2.19. The van der Waals surface area contributed by atoms with E-state index in [0.29, 0.717) is 11.3 Å². The van der Waals surface area contributed by atoms with Crippen molar-refractivity contribution in [3.05, 3.63) is 71.9 Å². The first kappa shape index (κ1) is 33.1. The van der Waals surface area contributed by atoms with E-state index in [4.69, 9.17) is 5.73 Å². The van der Waals surface area contributed by atoms with Crippen molar-refractivity contribution in [2.75, 3.05) is 12.0 Å². The third-order valence-corrected chi connectivity index (χ3v) is 7.52. The number of aromatic amines is 1. The van der Waals surface area contributed by atoms with Crippen molar-refractivity contribution in [1.29, 1.82) is 0 Å². The van der Waals surface area contributed by atoms with Crippen LogP contribution in [-0.2, 0) is 36.8 Å². The molecule has 0 saturated heterocycles. The van der Waals surface area contributed by atoms with Crippen LogP contribution in [0.2, 0.25) is 0 Å². The smallest absolute Gasteiger partial charge is 0.326 e. The molecule has 43 heavy (non-hydrogen) atoms. The summed E-state index contributed by atoms with van der Waals surface area (Å²) in [6.45, 7) is 0. The van der Waals surface area contributed by atoms with E-state index in [2.05, 4.69) is 20.9 Å². The number of aliphatic carboxylic acids is 2. The molecule has 12 nitrogen and oxygen atoms in total. The number of rotatable bonds is 17. The molecule has 0 fully saturated rings. The molecule has 2 aromatic carbocycles. The van der Waals surface area contributed by atoms with Crippen LogP contribution in [0.15, 0.2) is 60.8 Å². The molecular weight excluding hydrogens is 574 g/mol. The molecule has 1 heterocycles. The lowest BCUT2D eigenvalue weighted by atomic mass is 10.0. The molecule has 0 aliphatic rings. The van der Waals surface area contributed by atoms with E-state index in [1.54, 1.807) is 6.20 Å². The van der Waals surface area contributed by atoms with Crippen molar-refractivity contribution in [2.45, 2.75) is 56.3 Å². The Morgan fingerprint density at radius 3 is 2.07 bits per heavy atom. The number of H-pyrrole nitrogens is 1. The normalized spacial score (nSPS) is 13.8. The SMILES string of the molecule is CSCCC(NC(=O)C(N)Cc1ccccc1)C(=O)NC(CCC(=O)O)C(=O)NC(Cc1c[nH]c2ccccc12)C(=O)O. The number of hydrogen-bond acceptors (Lipinski definition) is 7.